The Hall–Kier alpha value is -3.31. The molecule has 0 unspecified atom stereocenters. The molecular weight excluding hydrogens is 456 g/mol. The van der Waals surface area contributed by atoms with Crippen molar-refractivity contribution in [2.75, 3.05) is 0 Å². The molecule has 0 saturated heterocycles. The van der Waals surface area contributed by atoms with Gasteiger partial charge < -0.3 is 9.47 Å². The van der Waals surface area contributed by atoms with Crippen molar-refractivity contribution in [1.82, 2.24) is 0 Å². The van der Waals surface area contributed by atoms with Crippen molar-refractivity contribution >= 4 is 9.84 Å². The van der Waals surface area contributed by atoms with Crippen LogP contribution in [-0.2, 0) is 15.3 Å². The molecule has 3 aromatic carbocycles. The van der Waals surface area contributed by atoms with E-state index in [9.17, 15) is 8.42 Å². The van der Waals surface area contributed by atoms with Crippen LogP contribution in [0.3, 0.4) is 0 Å². The molecule has 0 aliphatic heterocycles. The van der Waals surface area contributed by atoms with Gasteiger partial charge in [-0.05, 0) is 87.4 Å². The van der Waals surface area contributed by atoms with Gasteiger partial charge >= 0.3 is 0 Å². The maximum Gasteiger partial charge on any atom is 0.206 e. The van der Waals surface area contributed by atoms with Gasteiger partial charge in [-0.2, -0.15) is 0 Å². The molecule has 0 aliphatic carbocycles. The summed E-state index contributed by atoms with van der Waals surface area (Å²) in [4.78, 5) is 0.384. The Kier molecular flexibility index (Phi) is 7.61. The minimum absolute atomic E-state index is 0.181. The minimum atomic E-state index is -3.57. The standard InChI is InChI=1S/C30H34O4S/c1-8-27(9-2)35(31,32)28-20-18-25(19-21-28)33-24-14-10-22(11-15-24)30(6,7)23-12-16-26(17-13-23)34-29(3,4)5/h8-21H,1H2,2-7H3/b27-9+. The molecule has 0 saturated carbocycles. The second-order valence-electron chi connectivity index (χ2n) is 9.86. The highest BCUT2D eigenvalue weighted by Gasteiger charge is 2.24. The quantitative estimate of drug-likeness (QED) is 0.302. The van der Waals surface area contributed by atoms with E-state index in [2.05, 4.69) is 44.7 Å². The van der Waals surface area contributed by atoms with Crippen LogP contribution in [0.2, 0.25) is 0 Å². The van der Waals surface area contributed by atoms with E-state index in [1.54, 1.807) is 31.2 Å². The highest BCUT2D eigenvalue weighted by Crippen LogP contribution is 2.34. The third-order valence-corrected chi connectivity index (χ3v) is 7.66. The maximum atomic E-state index is 12.6. The average molecular weight is 491 g/mol. The Bertz CT molecular complexity index is 1290. The fraction of sp³-hybridized carbons (Fsp3) is 0.267. The van der Waals surface area contributed by atoms with Gasteiger partial charge in [0.2, 0.25) is 9.84 Å². The molecule has 0 N–H and O–H groups in total. The molecule has 4 nitrogen and oxygen atoms in total. The van der Waals surface area contributed by atoms with E-state index < -0.39 is 9.84 Å². The summed E-state index contributed by atoms with van der Waals surface area (Å²) in [5.74, 6) is 2.09. The summed E-state index contributed by atoms with van der Waals surface area (Å²) in [6.45, 7) is 15.7. The first-order valence-corrected chi connectivity index (χ1v) is 13.1. The van der Waals surface area contributed by atoms with Gasteiger partial charge in [-0.3, -0.25) is 0 Å². The molecule has 35 heavy (non-hydrogen) atoms. The van der Waals surface area contributed by atoms with E-state index >= 15 is 0 Å². The molecule has 0 fully saturated rings. The van der Waals surface area contributed by atoms with E-state index in [0.29, 0.717) is 11.5 Å². The number of sulfone groups is 1. The highest BCUT2D eigenvalue weighted by atomic mass is 32.2. The lowest BCUT2D eigenvalue weighted by molar-refractivity contribution is 0.131. The Morgan fingerprint density at radius 2 is 1.17 bits per heavy atom. The van der Waals surface area contributed by atoms with Gasteiger partial charge in [0, 0.05) is 5.41 Å². The first-order chi connectivity index (χ1) is 16.4. The van der Waals surface area contributed by atoms with Crippen LogP contribution in [0.15, 0.2) is 101 Å². The number of ether oxygens (including phenoxy) is 2. The van der Waals surface area contributed by atoms with Gasteiger partial charge in [0.1, 0.15) is 22.8 Å². The fourth-order valence-corrected chi connectivity index (χ4v) is 5.04. The summed E-state index contributed by atoms with van der Waals surface area (Å²) in [6, 6.07) is 22.6. The topological polar surface area (TPSA) is 52.6 Å². The Balaban J connectivity index is 1.74. The number of allylic oxidation sites excluding steroid dienone is 2. The van der Waals surface area contributed by atoms with Gasteiger partial charge in [-0.15, -0.1) is 0 Å². The lowest BCUT2D eigenvalue weighted by atomic mass is 9.78. The molecule has 5 heteroatoms. The van der Waals surface area contributed by atoms with Gasteiger partial charge in [0.15, 0.2) is 0 Å². The predicted molar refractivity (Wildman–Crippen MR) is 143 cm³/mol. The fourth-order valence-electron chi connectivity index (χ4n) is 3.74. The van der Waals surface area contributed by atoms with Crippen molar-refractivity contribution in [3.63, 3.8) is 0 Å². The van der Waals surface area contributed by atoms with Crippen LogP contribution in [0.4, 0.5) is 0 Å². The molecule has 0 heterocycles. The molecule has 0 aromatic heterocycles. The van der Waals surface area contributed by atoms with Crippen molar-refractivity contribution in [2.45, 2.75) is 57.5 Å². The maximum absolute atomic E-state index is 12.6. The Morgan fingerprint density at radius 3 is 1.57 bits per heavy atom. The van der Waals surface area contributed by atoms with Crippen molar-refractivity contribution in [3.05, 3.63) is 108 Å². The summed E-state index contributed by atoms with van der Waals surface area (Å²) < 4.78 is 37.1. The van der Waals surface area contributed by atoms with Crippen molar-refractivity contribution in [1.29, 1.82) is 0 Å². The second kappa shape index (κ2) is 10.1. The van der Waals surface area contributed by atoms with Crippen LogP contribution < -0.4 is 9.47 Å². The normalized spacial score (nSPS) is 12.8. The van der Waals surface area contributed by atoms with Crippen molar-refractivity contribution in [3.8, 4) is 17.2 Å². The highest BCUT2D eigenvalue weighted by molar-refractivity contribution is 7.95. The van der Waals surface area contributed by atoms with Crippen molar-refractivity contribution in [2.24, 2.45) is 0 Å². The number of rotatable bonds is 8. The minimum Gasteiger partial charge on any atom is -0.488 e. The molecule has 3 rings (SSSR count). The van der Waals surface area contributed by atoms with Gasteiger partial charge in [-0.1, -0.05) is 56.8 Å². The third kappa shape index (κ3) is 6.23. The van der Waals surface area contributed by atoms with E-state index in [4.69, 9.17) is 9.47 Å². The van der Waals surface area contributed by atoms with Crippen molar-refractivity contribution < 1.29 is 17.9 Å². The van der Waals surface area contributed by atoms with Crippen LogP contribution in [0.1, 0.15) is 52.7 Å². The smallest absolute Gasteiger partial charge is 0.206 e. The van der Waals surface area contributed by atoms with E-state index in [-0.39, 0.29) is 20.8 Å². The lowest BCUT2D eigenvalue weighted by Crippen LogP contribution is -2.23. The lowest BCUT2D eigenvalue weighted by Gasteiger charge is -2.27. The van der Waals surface area contributed by atoms with Gasteiger partial charge in [-0.25, -0.2) is 8.42 Å². The molecule has 0 amide bonds. The van der Waals surface area contributed by atoms with E-state index in [1.807, 2.05) is 45.0 Å². The molecule has 0 atom stereocenters. The predicted octanol–water partition coefficient (Wildman–Crippen LogP) is 7.85. The molecule has 0 aliphatic rings. The third-order valence-electron chi connectivity index (χ3n) is 5.74. The largest absolute Gasteiger partial charge is 0.488 e. The molecule has 0 radical (unpaired) electrons. The molecule has 3 aromatic rings. The van der Waals surface area contributed by atoms with Crippen LogP contribution in [0.25, 0.3) is 0 Å². The summed E-state index contributed by atoms with van der Waals surface area (Å²) in [6.07, 6.45) is 2.88. The second-order valence-corrected chi connectivity index (χ2v) is 11.8. The summed E-state index contributed by atoms with van der Waals surface area (Å²) in [5, 5.41) is 0. The number of hydrogen-bond donors (Lipinski definition) is 0. The van der Waals surface area contributed by atoms with Crippen LogP contribution in [0.5, 0.6) is 17.2 Å². The molecular formula is C30H34O4S. The van der Waals surface area contributed by atoms with Crippen LogP contribution in [0, 0.1) is 0 Å². The van der Waals surface area contributed by atoms with Crippen LogP contribution in [-0.4, -0.2) is 14.0 Å². The average Bonchev–Trinajstić information content (AvgIpc) is 2.80. The molecule has 0 spiro atoms. The number of hydrogen-bond acceptors (Lipinski definition) is 4. The first-order valence-electron chi connectivity index (χ1n) is 11.6. The van der Waals surface area contributed by atoms with Gasteiger partial charge in [0.25, 0.3) is 0 Å². The van der Waals surface area contributed by atoms with Gasteiger partial charge in [0.05, 0.1) is 9.80 Å². The molecule has 0 bridgehead atoms. The van der Waals surface area contributed by atoms with Crippen LogP contribution >= 0.6 is 0 Å². The SMILES string of the molecule is C=C/C(=C\C)S(=O)(=O)c1ccc(Oc2ccc(C(C)(C)c3ccc(OC(C)(C)C)cc3)cc2)cc1. The molecule has 184 valence electrons. The number of benzene rings is 3. The summed E-state index contributed by atoms with van der Waals surface area (Å²) >= 11 is 0. The van der Waals surface area contributed by atoms with E-state index in [0.717, 1.165) is 11.3 Å². The Labute approximate surface area is 209 Å². The monoisotopic (exact) mass is 490 g/mol. The zero-order valence-corrected chi connectivity index (χ0v) is 22.1. The summed E-state index contributed by atoms with van der Waals surface area (Å²) in [5.41, 5.74) is 1.90. The zero-order valence-electron chi connectivity index (χ0n) is 21.3. The Morgan fingerprint density at radius 1 is 0.743 bits per heavy atom. The first kappa shape index (κ1) is 26.3. The zero-order chi connectivity index (χ0) is 25.9. The van der Waals surface area contributed by atoms with E-state index in [1.165, 1.54) is 17.7 Å². The summed E-state index contributed by atoms with van der Waals surface area (Å²) in [7, 11) is -3.57.